The molecule has 0 N–H and O–H groups in total. The van der Waals surface area contributed by atoms with E-state index in [2.05, 4.69) is 12.1 Å². The molecule has 0 amide bonds. The first-order chi connectivity index (χ1) is 9.53. The van der Waals surface area contributed by atoms with Gasteiger partial charge >= 0.3 is 5.97 Å². The molecule has 0 aliphatic carbocycles. The van der Waals surface area contributed by atoms with Crippen LogP contribution in [0, 0.1) is 5.41 Å². The fraction of sp³-hybridized carbons (Fsp3) is 0.562. The van der Waals surface area contributed by atoms with Gasteiger partial charge in [-0.2, -0.15) is 0 Å². The number of benzene rings is 1. The van der Waals surface area contributed by atoms with E-state index in [9.17, 15) is 4.79 Å². The SMILES string of the molecule is CCC(C)(C)C(=O)Oc1ccc([SH]2CCOCC2)cc1. The summed E-state index contributed by atoms with van der Waals surface area (Å²) in [7, 11) is -0.0907. The van der Waals surface area contributed by atoms with Crippen LogP contribution in [0.1, 0.15) is 27.2 Å². The van der Waals surface area contributed by atoms with Gasteiger partial charge in [-0.25, -0.2) is 10.9 Å². The molecule has 0 aromatic heterocycles. The molecule has 1 heterocycles. The summed E-state index contributed by atoms with van der Waals surface area (Å²) in [6.07, 6.45) is 0.773. The zero-order valence-corrected chi connectivity index (χ0v) is 13.4. The zero-order chi connectivity index (χ0) is 14.6. The molecule has 0 saturated carbocycles. The van der Waals surface area contributed by atoms with E-state index in [1.807, 2.05) is 32.9 Å². The largest absolute Gasteiger partial charge is 0.426 e. The molecule has 1 saturated heterocycles. The number of hydrogen-bond donors (Lipinski definition) is 1. The second-order valence-corrected chi connectivity index (χ2v) is 8.21. The number of ether oxygens (including phenoxy) is 2. The molecule has 0 unspecified atom stereocenters. The van der Waals surface area contributed by atoms with Crippen LogP contribution in [-0.4, -0.2) is 30.7 Å². The highest BCUT2D eigenvalue weighted by Crippen LogP contribution is 2.38. The van der Waals surface area contributed by atoms with Crippen LogP contribution in [0.15, 0.2) is 29.2 Å². The normalized spacial score (nSPS) is 17.9. The Morgan fingerprint density at radius 2 is 1.85 bits per heavy atom. The average Bonchev–Trinajstić information content (AvgIpc) is 2.49. The molecule has 2 rings (SSSR count). The van der Waals surface area contributed by atoms with Crippen LogP contribution >= 0.6 is 10.9 Å². The Hall–Kier alpha value is -1.00. The fourth-order valence-corrected chi connectivity index (χ4v) is 3.95. The quantitative estimate of drug-likeness (QED) is 0.525. The van der Waals surface area contributed by atoms with E-state index in [1.165, 1.54) is 4.90 Å². The lowest BCUT2D eigenvalue weighted by atomic mass is 9.91. The van der Waals surface area contributed by atoms with Crippen molar-refractivity contribution >= 4 is 16.9 Å². The number of carbonyl (C=O) groups excluding carboxylic acids is 1. The van der Waals surface area contributed by atoms with E-state index >= 15 is 0 Å². The average molecular weight is 296 g/mol. The van der Waals surface area contributed by atoms with Crippen LogP contribution in [-0.2, 0) is 9.53 Å². The molecule has 1 aromatic rings. The molecule has 20 heavy (non-hydrogen) atoms. The summed E-state index contributed by atoms with van der Waals surface area (Å²) < 4.78 is 10.9. The monoisotopic (exact) mass is 296 g/mol. The second kappa shape index (κ2) is 6.64. The third kappa shape index (κ3) is 3.76. The van der Waals surface area contributed by atoms with Gasteiger partial charge < -0.3 is 9.47 Å². The van der Waals surface area contributed by atoms with E-state index in [1.54, 1.807) is 0 Å². The van der Waals surface area contributed by atoms with Gasteiger partial charge in [0, 0.05) is 11.5 Å². The fourth-order valence-electron chi connectivity index (χ4n) is 1.94. The number of esters is 1. The van der Waals surface area contributed by atoms with Gasteiger partial charge in [0.1, 0.15) is 5.75 Å². The van der Waals surface area contributed by atoms with Crippen molar-refractivity contribution in [2.75, 3.05) is 24.7 Å². The summed E-state index contributed by atoms with van der Waals surface area (Å²) in [5.74, 6) is 2.75. The van der Waals surface area contributed by atoms with Crippen LogP contribution in [0.3, 0.4) is 0 Å². The highest BCUT2D eigenvalue weighted by atomic mass is 32.2. The minimum atomic E-state index is -0.427. The van der Waals surface area contributed by atoms with Gasteiger partial charge in [0.25, 0.3) is 0 Å². The van der Waals surface area contributed by atoms with E-state index in [0.717, 1.165) is 31.1 Å². The minimum absolute atomic E-state index is 0.0907. The van der Waals surface area contributed by atoms with E-state index in [0.29, 0.717) is 5.75 Å². The van der Waals surface area contributed by atoms with Crippen LogP contribution in [0.2, 0.25) is 0 Å². The summed E-state index contributed by atoms with van der Waals surface area (Å²) in [5, 5.41) is 0. The molecule has 3 nitrogen and oxygen atoms in total. The van der Waals surface area contributed by atoms with E-state index < -0.39 is 5.41 Å². The predicted molar refractivity (Wildman–Crippen MR) is 84.0 cm³/mol. The van der Waals surface area contributed by atoms with Gasteiger partial charge in [0.05, 0.1) is 18.6 Å². The van der Waals surface area contributed by atoms with Crippen LogP contribution in [0.4, 0.5) is 0 Å². The maximum Gasteiger partial charge on any atom is 0.316 e. The van der Waals surface area contributed by atoms with Crippen molar-refractivity contribution in [1.29, 1.82) is 0 Å². The Labute approximate surface area is 124 Å². The number of thiol groups is 1. The topological polar surface area (TPSA) is 35.5 Å². The molecule has 1 fully saturated rings. The molecule has 1 aliphatic rings. The number of hydrogen-bond acceptors (Lipinski definition) is 3. The molecule has 0 radical (unpaired) electrons. The molecule has 0 spiro atoms. The van der Waals surface area contributed by atoms with Gasteiger partial charge in [-0.3, -0.25) is 4.79 Å². The maximum absolute atomic E-state index is 12.0. The van der Waals surface area contributed by atoms with Gasteiger partial charge in [-0.05, 0) is 49.4 Å². The van der Waals surface area contributed by atoms with Crippen molar-refractivity contribution in [2.45, 2.75) is 32.1 Å². The first-order valence-corrected chi connectivity index (χ1v) is 8.89. The van der Waals surface area contributed by atoms with Gasteiger partial charge in [-0.1, -0.05) is 6.92 Å². The Morgan fingerprint density at radius 1 is 1.25 bits per heavy atom. The third-order valence-electron chi connectivity index (χ3n) is 3.86. The molecule has 0 atom stereocenters. The standard InChI is InChI=1S/C16H24O3S/c1-4-16(2,3)15(17)19-13-5-7-14(8-6-13)20-11-9-18-10-12-20/h5-8,20H,4,9-12H2,1-3H3. The lowest BCUT2D eigenvalue weighted by Crippen LogP contribution is -2.28. The Kier molecular flexibility index (Phi) is 5.11. The summed E-state index contributed by atoms with van der Waals surface area (Å²) in [4.78, 5) is 13.4. The molecular weight excluding hydrogens is 272 g/mol. The van der Waals surface area contributed by atoms with Gasteiger partial charge in [0.2, 0.25) is 0 Å². The molecule has 1 aromatic carbocycles. The predicted octanol–water partition coefficient (Wildman–Crippen LogP) is 3.42. The van der Waals surface area contributed by atoms with Crippen molar-refractivity contribution in [3.8, 4) is 5.75 Å². The molecule has 0 bridgehead atoms. The highest BCUT2D eigenvalue weighted by molar-refractivity contribution is 8.17. The molecule has 4 heteroatoms. The van der Waals surface area contributed by atoms with E-state index in [4.69, 9.17) is 9.47 Å². The molecule has 1 aliphatic heterocycles. The van der Waals surface area contributed by atoms with E-state index in [-0.39, 0.29) is 16.9 Å². The molecular formula is C16H24O3S. The summed E-state index contributed by atoms with van der Waals surface area (Å²) in [5.41, 5.74) is -0.427. The Morgan fingerprint density at radius 3 is 2.40 bits per heavy atom. The Bertz CT molecular complexity index is 447. The van der Waals surface area contributed by atoms with Crippen LogP contribution in [0.25, 0.3) is 0 Å². The smallest absolute Gasteiger partial charge is 0.316 e. The van der Waals surface area contributed by atoms with Crippen LogP contribution < -0.4 is 4.74 Å². The summed E-state index contributed by atoms with van der Waals surface area (Å²) in [6, 6.07) is 8.02. The van der Waals surface area contributed by atoms with Crippen molar-refractivity contribution in [3.05, 3.63) is 24.3 Å². The number of rotatable bonds is 4. The van der Waals surface area contributed by atoms with Gasteiger partial charge in [-0.15, -0.1) is 0 Å². The maximum atomic E-state index is 12.0. The first-order valence-electron chi connectivity index (χ1n) is 7.18. The third-order valence-corrected chi connectivity index (χ3v) is 6.33. The lowest BCUT2D eigenvalue weighted by Gasteiger charge is -2.26. The van der Waals surface area contributed by atoms with Crippen molar-refractivity contribution in [1.82, 2.24) is 0 Å². The zero-order valence-electron chi connectivity index (χ0n) is 12.5. The highest BCUT2D eigenvalue weighted by Gasteiger charge is 2.27. The summed E-state index contributed by atoms with van der Waals surface area (Å²) in [6.45, 7) is 7.56. The van der Waals surface area contributed by atoms with Gasteiger partial charge in [0.15, 0.2) is 0 Å². The minimum Gasteiger partial charge on any atom is -0.426 e. The van der Waals surface area contributed by atoms with Crippen molar-refractivity contribution in [2.24, 2.45) is 5.41 Å². The molecule has 112 valence electrons. The van der Waals surface area contributed by atoms with Crippen LogP contribution in [0.5, 0.6) is 5.75 Å². The first kappa shape index (κ1) is 15.4. The van der Waals surface area contributed by atoms with Crippen molar-refractivity contribution in [3.63, 3.8) is 0 Å². The number of carbonyl (C=O) groups is 1. The Balaban J connectivity index is 1.99. The van der Waals surface area contributed by atoms with Crippen molar-refractivity contribution < 1.29 is 14.3 Å². The second-order valence-electron chi connectivity index (χ2n) is 5.72. The summed E-state index contributed by atoms with van der Waals surface area (Å²) >= 11 is 0. The lowest BCUT2D eigenvalue weighted by molar-refractivity contribution is -0.144.